The molecule has 3 unspecified atom stereocenters. The Kier molecular flexibility index (Phi) is 4.19. The highest BCUT2D eigenvalue weighted by Crippen LogP contribution is 2.32. The Morgan fingerprint density at radius 1 is 1.21 bits per heavy atom. The van der Waals surface area contributed by atoms with Gasteiger partial charge >= 0.3 is 0 Å². The van der Waals surface area contributed by atoms with E-state index in [-0.39, 0.29) is 0 Å². The van der Waals surface area contributed by atoms with Crippen molar-refractivity contribution in [3.8, 4) is 0 Å². The number of hydrogen-bond acceptors (Lipinski definition) is 2. The zero-order valence-corrected chi connectivity index (χ0v) is 11.8. The van der Waals surface area contributed by atoms with Gasteiger partial charge in [0.25, 0.3) is 0 Å². The number of hydrogen-bond donors (Lipinski definition) is 1. The highest BCUT2D eigenvalue weighted by atomic mass is 16.5. The van der Waals surface area contributed by atoms with Crippen molar-refractivity contribution in [3.63, 3.8) is 0 Å². The van der Waals surface area contributed by atoms with E-state index in [0.717, 1.165) is 19.2 Å². The fraction of sp³-hybridized carbons (Fsp3) is 0.647. The SMILES string of the molecule is CC(c1ccccc1)C1OCCCC1CNC1CC1. The van der Waals surface area contributed by atoms with Gasteiger partial charge in [0.15, 0.2) is 0 Å². The summed E-state index contributed by atoms with van der Waals surface area (Å²) in [6.45, 7) is 4.38. The zero-order valence-electron chi connectivity index (χ0n) is 11.8. The van der Waals surface area contributed by atoms with Crippen LogP contribution in [-0.2, 0) is 4.74 Å². The van der Waals surface area contributed by atoms with Crippen LogP contribution in [0.4, 0.5) is 0 Å². The van der Waals surface area contributed by atoms with Crippen LogP contribution < -0.4 is 5.32 Å². The molecular weight excluding hydrogens is 234 g/mol. The van der Waals surface area contributed by atoms with Gasteiger partial charge in [-0.1, -0.05) is 37.3 Å². The first kappa shape index (κ1) is 13.1. The van der Waals surface area contributed by atoms with Crippen molar-refractivity contribution >= 4 is 0 Å². The maximum Gasteiger partial charge on any atom is 0.0681 e. The van der Waals surface area contributed by atoms with Crippen molar-refractivity contribution in [2.75, 3.05) is 13.2 Å². The number of rotatable bonds is 5. The normalized spacial score (nSPS) is 29.1. The Bertz CT molecular complexity index is 388. The smallest absolute Gasteiger partial charge is 0.0681 e. The van der Waals surface area contributed by atoms with Crippen LogP contribution in [0.25, 0.3) is 0 Å². The van der Waals surface area contributed by atoms with Crippen LogP contribution in [0.15, 0.2) is 30.3 Å². The van der Waals surface area contributed by atoms with Crippen LogP contribution in [0.5, 0.6) is 0 Å². The summed E-state index contributed by atoms with van der Waals surface area (Å²) in [4.78, 5) is 0. The van der Waals surface area contributed by atoms with Crippen molar-refractivity contribution < 1.29 is 4.74 Å². The first-order chi connectivity index (χ1) is 9.34. The summed E-state index contributed by atoms with van der Waals surface area (Å²) in [6.07, 6.45) is 5.64. The van der Waals surface area contributed by atoms with Crippen molar-refractivity contribution in [1.82, 2.24) is 5.32 Å². The van der Waals surface area contributed by atoms with E-state index in [1.54, 1.807) is 0 Å². The quantitative estimate of drug-likeness (QED) is 0.875. The van der Waals surface area contributed by atoms with Gasteiger partial charge in [0.2, 0.25) is 0 Å². The van der Waals surface area contributed by atoms with E-state index in [0.29, 0.717) is 17.9 Å². The van der Waals surface area contributed by atoms with E-state index in [9.17, 15) is 0 Å². The van der Waals surface area contributed by atoms with Gasteiger partial charge in [-0.05, 0) is 37.2 Å². The molecule has 0 spiro atoms. The summed E-state index contributed by atoms with van der Waals surface area (Å²) >= 11 is 0. The lowest BCUT2D eigenvalue weighted by Crippen LogP contribution is -2.40. The second kappa shape index (κ2) is 6.06. The van der Waals surface area contributed by atoms with Gasteiger partial charge in [-0.25, -0.2) is 0 Å². The average Bonchev–Trinajstić information content (AvgIpc) is 3.30. The van der Waals surface area contributed by atoms with Gasteiger partial charge in [-0.15, -0.1) is 0 Å². The highest BCUT2D eigenvalue weighted by Gasteiger charge is 2.32. The Balaban J connectivity index is 1.64. The Morgan fingerprint density at radius 3 is 2.74 bits per heavy atom. The second-order valence-corrected chi connectivity index (χ2v) is 6.12. The van der Waals surface area contributed by atoms with E-state index in [1.165, 1.54) is 31.2 Å². The van der Waals surface area contributed by atoms with Crippen LogP contribution in [0, 0.1) is 5.92 Å². The molecule has 1 aromatic carbocycles. The van der Waals surface area contributed by atoms with Crippen molar-refractivity contribution in [3.05, 3.63) is 35.9 Å². The minimum atomic E-state index is 0.377. The third-order valence-electron chi connectivity index (χ3n) is 4.56. The van der Waals surface area contributed by atoms with Crippen molar-refractivity contribution in [1.29, 1.82) is 0 Å². The highest BCUT2D eigenvalue weighted by molar-refractivity contribution is 5.20. The molecule has 1 heterocycles. The molecular formula is C17H25NO. The fourth-order valence-electron chi connectivity index (χ4n) is 3.19. The Morgan fingerprint density at radius 2 is 2.00 bits per heavy atom. The predicted molar refractivity (Wildman–Crippen MR) is 78.3 cm³/mol. The van der Waals surface area contributed by atoms with E-state index in [1.807, 2.05) is 0 Å². The van der Waals surface area contributed by atoms with Gasteiger partial charge < -0.3 is 10.1 Å². The zero-order chi connectivity index (χ0) is 13.1. The van der Waals surface area contributed by atoms with Gasteiger partial charge in [-0.2, -0.15) is 0 Å². The van der Waals surface area contributed by atoms with Crippen LogP contribution in [0.3, 0.4) is 0 Å². The third kappa shape index (κ3) is 3.37. The molecule has 2 fully saturated rings. The summed E-state index contributed by atoms with van der Waals surface area (Å²) in [5.41, 5.74) is 1.41. The Hall–Kier alpha value is -0.860. The second-order valence-electron chi connectivity index (χ2n) is 6.12. The summed E-state index contributed by atoms with van der Waals surface area (Å²) in [5, 5.41) is 3.68. The standard InChI is InChI=1S/C17H25NO/c1-13(14-6-3-2-4-7-14)17-15(8-5-11-19-17)12-18-16-9-10-16/h2-4,6-7,13,15-18H,5,8-12H2,1H3. The minimum absolute atomic E-state index is 0.377. The Labute approximate surface area is 116 Å². The average molecular weight is 259 g/mol. The van der Waals surface area contributed by atoms with E-state index in [4.69, 9.17) is 4.74 Å². The molecule has 0 bridgehead atoms. The van der Waals surface area contributed by atoms with Crippen LogP contribution in [0.1, 0.15) is 44.1 Å². The first-order valence-electron chi connectivity index (χ1n) is 7.74. The fourth-order valence-corrected chi connectivity index (χ4v) is 3.19. The van der Waals surface area contributed by atoms with Crippen LogP contribution in [-0.4, -0.2) is 25.3 Å². The maximum atomic E-state index is 6.12. The third-order valence-corrected chi connectivity index (χ3v) is 4.56. The lowest BCUT2D eigenvalue weighted by molar-refractivity contribution is -0.0385. The first-order valence-corrected chi connectivity index (χ1v) is 7.74. The molecule has 1 saturated heterocycles. The lowest BCUT2D eigenvalue weighted by atomic mass is 9.83. The minimum Gasteiger partial charge on any atom is -0.377 e. The monoisotopic (exact) mass is 259 g/mol. The van der Waals surface area contributed by atoms with Gasteiger partial charge in [-0.3, -0.25) is 0 Å². The van der Waals surface area contributed by atoms with Gasteiger partial charge in [0, 0.05) is 25.1 Å². The molecule has 2 nitrogen and oxygen atoms in total. The molecule has 3 atom stereocenters. The molecule has 2 aliphatic rings. The summed E-state index contributed by atoms with van der Waals surface area (Å²) < 4.78 is 6.12. The predicted octanol–water partition coefficient (Wildman–Crippen LogP) is 3.34. The summed E-state index contributed by atoms with van der Waals surface area (Å²) in [5.74, 6) is 1.16. The molecule has 104 valence electrons. The van der Waals surface area contributed by atoms with Gasteiger partial charge in [0.1, 0.15) is 0 Å². The topological polar surface area (TPSA) is 21.3 Å². The number of ether oxygens (including phenoxy) is 1. The number of nitrogens with one attached hydrogen (secondary N) is 1. The molecule has 19 heavy (non-hydrogen) atoms. The molecule has 0 aromatic heterocycles. The molecule has 3 rings (SSSR count). The van der Waals surface area contributed by atoms with E-state index < -0.39 is 0 Å². The lowest BCUT2D eigenvalue weighted by Gasteiger charge is -2.36. The molecule has 1 aromatic rings. The van der Waals surface area contributed by atoms with Crippen LogP contribution in [0.2, 0.25) is 0 Å². The molecule has 0 amide bonds. The molecule has 1 saturated carbocycles. The maximum absolute atomic E-state index is 6.12. The molecule has 1 N–H and O–H groups in total. The van der Waals surface area contributed by atoms with E-state index >= 15 is 0 Å². The number of benzene rings is 1. The molecule has 2 heteroatoms. The summed E-state index contributed by atoms with van der Waals surface area (Å²) in [6, 6.07) is 11.6. The molecule has 1 aliphatic carbocycles. The van der Waals surface area contributed by atoms with Gasteiger partial charge in [0.05, 0.1) is 6.10 Å². The van der Waals surface area contributed by atoms with Crippen LogP contribution >= 0.6 is 0 Å². The van der Waals surface area contributed by atoms with Crippen molar-refractivity contribution in [2.45, 2.75) is 50.7 Å². The molecule has 1 aliphatic heterocycles. The van der Waals surface area contributed by atoms with Crippen molar-refractivity contribution in [2.24, 2.45) is 5.92 Å². The molecule has 0 radical (unpaired) electrons. The summed E-state index contributed by atoms with van der Waals surface area (Å²) in [7, 11) is 0. The largest absolute Gasteiger partial charge is 0.377 e. The van der Waals surface area contributed by atoms with E-state index in [2.05, 4.69) is 42.6 Å².